The predicted molar refractivity (Wildman–Crippen MR) is 53.1 cm³/mol. The third-order valence-corrected chi connectivity index (χ3v) is 1.72. The van der Waals surface area contributed by atoms with E-state index in [1.54, 1.807) is 0 Å². The fraction of sp³-hybridized carbons (Fsp3) is 0.600. The molecule has 11 heavy (non-hydrogen) atoms. The lowest BCUT2D eigenvalue weighted by Gasteiger charge is -2.11. The number of allylic oxidation sites excluding steroid dienone is 4. The van der Waals surface area contributed by atoms with Gasteiger partial charge in [-0.2, -0.15) is 0 Å². The molecule has 0 rings (SSSR count). The Bertz CT molecular complexity index is 180. The molecule has 0 heterocycles. The smallest absolute Gasteiger partial charge is 0.0575 e. The molecule has 0 nitrogen and oxygen atoms in total. The number of alkyl halides is 1. The molecule has 0 aliphatic heterocycles. The molecule has 1 heteroatoms. The van der Waals surface area contributed by atoms with E-state index in [4.69, 9.17) is 11.6 Å². The molecule has 0 bridgehead atoms. The van der Waals surface area contributed by atoms with Gasteiger partial charge in [0.25, 0.3) is 0 Å². The maximum absolute atomic E-state index is 6.03. The summed E-state index contributed by atoms with van der Waals surface area (Å²) in [5, 5.41) is 0. The minimum atomic E-state index is -0.228. The molecule has 0 amide bonds. The Balaban J connectivity index is 4.48. The molecule has 0 saturated carbocycles. The van der Waals surface area contributed by atoms with Crippen LogP contribution in [0, 0.1) is 0 Å². The van der Waals surface area contributed by atoms with Crippen molar-refractivity contribution in [1.82, 2.24) is 0 Å². The van der Waals surface area contributed by atoms with Gasteiger partial charge in [0.15, 0.2) is 0 Å². The summed E-state index contributed by atoms with van der Waals surface area (Å²) < 4.78 is 0. The van der Waals surface area contributed by atoms with Crippen LogP contribution in [-0.4, -0.2) is 4.87 Å². The van der Waals surface area contributed by atoms with Crippen LogP contribution in [0.1, 0.15) is 34.6 Å². The highest BCUT2D eigenvalue weighted by molar-refractivity contribution is 6.24. The zero-order valence-electron chi connectivity index (χ0n) is 8.03. The minimum Gasteiger partial charge on any atom is -0.115 e. The van der Waals surface area contributed by atoms with Crippen LogP contribution >= 0.6 is 11.6 Å². The standard InChI is InChI=1S/C10H17Cl/c1-6-8(2)9(3)7-10(4,5)11/h6-7H,1-5H3. The van der Waals surface area contributed by atoms with Crippen molar-refractivity contribution in [2.24, 2.45) is 0 Å². The van der Waals surface area contributed by atoms with Crippen molar-refractivity contribution >= 4 is 11.6 Å². The first kappa shape index (κ1) is 10.8. The molecule has 0 aromatic carbocycles. The normalized spacial score (nSPS) is 15.5. The summed E-state index contributed by atoms with van der Waals surface area (Å²) in [5.74, 6) is 0. The van der Waals surface area contributed by atoms with Gasteiger partial charge in [-0.1, -0.05) is 23.3 Å². The summed E-state index contributed by atoms with van der Waals surface area (Å²) in [6, 6.07) is 0. The highest BCUT2D eigenvalue weighted by Crippen LogP contribution is 2.19. The van der Waals surface area contributed by atoms with Crippen molar-refractivity contribution in [2.75, 3.05) is 0 Å². The summed E-state index contributed by atoms with van der Waals surface area (Å²) in [6.45, 7) is 10.2. The van der Waals surface area contributed by atoms with E-state index in [9.17, 15) is 0 Å². The summed E-state index contributed by atoms with van der Waals surface area (Å²) in [4.78, 5) is -0.228. The third kappa shape index (κ3) is 5.09. The number of halogens is 1. The summed E-state index contributed by atoms with van der Waals surface area (Å²) in [5.41, 5.74) is 2.55. The second-order valence-corrected chi connectivity index (χ2v) is 4.34. The average Bonchev–Trinajstić information content (AvgIpc) is 1.82. The highest BCUT2D eigenvalue weighted by Gasteiger charge is 2.08. The van der Waals surface area contributed by atoms with Crippen molar-refractivity contribution < 1.29 is 0 Å². The van der Waals surface area contributed by atoms with E-state index in [1.807, 2.05) is 20.8 Å². The molecular formula is C10H17Cl. The van der Waals surface area contributed by atoms with Crippen LogP contribution in [0.15, 0.2) is 23.3 Å². The maximum Gasteiger partial charge on any atom is 0.0575 e. The Morgan fingerprint density at radius 2 is 1.64 bits per heavy atom. The van der Waals surface area contributed by atoms with Gasteiger partial charge in [0.2, 0.25) is 0 Å². The van der Waals surface area contributed by atoms with Crippen LogP contribution in [0.2, 0.25) is 0 Å². The zero-order chi connectivity index (χ0) is 9.07. The van der Waals surface area contributed by atoms with E-state index < -0.39 is 0 Å². The first-order valence-corrected chi connectivity index (χ1v) is 4.26. The maximum atomic E-state index is 6.03. The Hall–Kier alpha value is -0.230. The fourth-order valence-electron chi connectivity index (χ4n) is 0.856. The fourth-order valence-corrected chi connectivity index (χ4v) is 1.02. The van der Waals surface area contributed by atoms with Crippen LogP contribution < -0.4 is 0 Å². The number of hydrogen-bond donors (Lipinski definition) is 0. The Morgan fingerprint density at radius 1 is 1.18 bits per heavy atom. The largest absolute Gasteiger partial charge is 0.115 e. The van der Waals surface area contributed by atoms with E-state index >= 15 is 0 Å². The topological polar surface area (TPSA) is 0 Å². The first-order valence-electron chi connectivity index (χ1n) is 3.88. The lowest BCUT2D eigenvalue weighted by molar-refractivity contribution is 0.872. The predicted octanol–water partition coefficient (Wildman–Crippen LogP) is 3.92. The molecule has 0 radical (unpaired) electrons. The molecule has 0 N–H and O–H groups in total. The van der Waals surface area contributed by atoms with Gasteiger partial charge < -0.3 is 0 Å². The van der Waals surface area contributed by atoms with Crippen LogP contribution in [-0.2, 0) is 0 Å². The molecular weight excluding hydrogens is 156 g/mol. The van der Waals surface area contributed by atoms with Gasteiger partial charge >= 0.3 is 0 Å². The van der Waals surface area contributed by atoms with Crippen molar-refractivity contribution in [1.29, 1.82) is 0 Å². The van der Waals surface area contributed by atoms with Crippen LogP contribution in [0.3, 0.4) is 0 Å². The van der Waals surface area contributed by atoms with Crippen molar-refractivity contribution in [3.63, 3.8) is 0 Å². The van der Waals surface area contributed by atoms with Crippen LogP contribution in [0.25, 0.3) is 0 Å². The monoisotopic (exact) mass is 172 g/mol. The van der Waals surface area contributed by atoms with E-state index in [-0.39, 0.29) is 4.87 Å². The molecule has 0 aromatic rings. The summed E-state index contributed by atoms with van der Waals surface area (Å²) in [6.07, 6.45) is 4.17. The Kier molecular flexibility index (Phi) is 3.88. The van der Waals surface area contributed by atoms with Gasteiger partial charge in [-0.25, -0.2) is 0 Å². The lowest BCUT2D eigenvalue weighted by Crippen LogP contribution is -2.05. The van der Waals surface area contributed by atoms with Crippen molar-refractivity contribution in [2.45, 2.75) is 39.5 Å². The zero-order valence-corrected chi connectivity index (χ0v) is 8.79. The first-order chi connectivity index (χ1) is 4.87. The van der Waals surface area contributed by atoms with Crippen LogP contribution in [0.5, 0.6) is 0 Å². The van der Waals surface area contributed by atoms with E-state index in [2.05, 4.69) is 26.0 Å². The summed E-state index contributed by atoms with van der Waals surface area (Å²) >= 11 is 6.03. The van der Waals surface area contributed by atoms with E-state index in [1.165, 1.54) is 11.1 Å². The van der Waals surface area contributed by atoms with E-state index in [0.29, 0.717) is 0 Å². The third-order valence-electron chi connectivity index (χ3n) is 1.61. The van der Waals surface area contributed by atoms with E-state index in [0.717, 1.165) is 0 Å². The van der Waals surface area contributed by atoms with Gasteiger partial charge in [0, 0.05) is 0 Å². The highest BCUT2D eigenvalue weighted by atomic mass is 35.5. The molecule has 0 unspecified atom stereocenters. The van der Waals surface area contributed by atoms with Gasteiger partial charge in [-0.15, -0.1) is 11.6 Å². The molecule has 0 spiro atoms. The average molecular weight is 173 g/mol. The molecule has 0 saturated heterocycles. The quantitative estimate of drug-likeness (QED) is 0.438. The Labute approximate surface area is 74.9 Å². The minimum absolute atomic E-state index is 0.228. The van der Waals surface area contributed by atoms with Crippen molar-refractivity contribution in [3.8, 4) is 0 Å². The SMILES string of the molecule is CC=C(C)C(C)=CC(C)(C)Cl. The van der Waals surface area contributed by atoms with Crippen molar-refractivity contribution in [3.05, 3.63) is 23.3 Å². The molecule has 0 aromatic heterocycles. The molecule has 0 aliphatic rings. The number of hydrogen-bond acceptors (Lipinski definition) is 0. The Morgan fingerprint density at radius 3 is 1.91 bits per heavy atom. The molecule has 0 fully saturated rings. The molecule has 0 aliphatic carbocycles. The molecule has 64 valence electrons. The second kappa shape index (κ2) is 3.96. The van der Waals surface area contributed by atoms with Crippen LogP contribution in [0.4, 0.5) is 0 Å². The van der Waals surface area contributed by atoms with Gasteiger partial charge in [0.1, 0.15) is 0 Å². The van der Waals surface area contributed by atoms with Gasteiger partial charge in [-0.05, 0) is 34.6 Å². The molecule has 0 atom stereocenters. The van der Waals surface area contributed by atoms with Gasteiger partial charge in [0.05, 0.1) is 4.87 Å². The lowest BCUT2D eigenvalue weighted by atomic mass is 10.0. The van der Waals surface area contributed by atoms with Gasteiger partial charge in [-0.3, -0.25) is 0 Å². The second-order valence-electron chi connectivity index (χ2n) is 3.36. The summed E-state index contributed by atoms with van der Waals surface area (Å²) in [7, 11) is 0. The number of rotatable bonds is 2.